The van der Waals surface area contributed by atoms with E-state index in [1.807, 2.05) is 0 Å². The number of rotatable bonds is 7. The van der Waals surface area contributed by atoms with E-state index in [9.17, 15) is 0 Å². The molecule has 2 heteroatoms. The summed E-state index contributed by atoms with van der Waals surface area (Å²) in [5, 5.41) is 3.68. The maximum absolute atomic E-state index is 3.68. The topological polar surface area (TPSA) is 15.3 Å². The molecular weight excluding hydrogens is 256 g/mol. The second kappa shape index (κ2) is 8.55. The third-order valence-electron chi connectivity index (χ3n) is 4.48. The third kappa shape index (κ3) is 5.44. The Bertz CT molecular complexity index is 391. The molecule has 2 nitrogen and oxygen atoms in total. The van der Waals surface area contributed by atoms with Gasteiger partial charge in [0.25, 0.3) is 0 Å². The second-order valence-corrected chi connectivity index (χ2v) is 6.78. The molecule has 1 heterocycles. The molecule has 0 spiro atoms. The monoisotopic (exact) mass is 288 g/mol. The van der Waals surface area contributed by atoms with Gasteiger partial charge in [0.1, 0.15) is 0 Å². The highest BCUT2D eigenvalue weighted by atomic mass is 15.1. The molecule has 0 aromatic heterocycles. The van der Waals surface area contributed by atoms with Crippen molar-refractivity contribution >= 4 is 0 Å². The number of benzene rings is 1. The van der Waals surface area contributed by atoms with Crippen molar-refractivity contribution in [1.29, 1.82) is 0 Å². The molecule has 1 aromatic rings. The van der Waals surface area contributed by atoms with Gasteiger partial charge in [0, 0.05) is 19.1 Å². The fourth-order valence-corrected chi connectivity index (χ4v) is 3.21. The number of hydrogen-bond acceptors (Lipinski definition) is 2. The molecule has 2 rings (SSSR count). The summed E-state index contributed by atoms with van der Waals surface area (Å²) in [4.78, 5) is 2.62. The van der Waals surface area contributed by atoms with Crippen molar-refractivity contribution in [2.75, 3.05) is 19.6 Å². The number of nitrogens with one attached hydrogen (secondary N) is 1. The largest absolute Gasteiger partial charge is 0.313 e. The second-order valence-electron chi connectivity index (χ2n) is 6.78. The summed E-state index contributed by atoms with van der Waals surface area (Å²) in [6.07, 6.45) is 5.31. The molecule has 1 aliphatic rings. The summed E-state index contributed by atoms with van der Waals surface area (Å²) in [5.41, 5.74) is 2.89. The first-order chi connectivity index (χ1) is 10.2. The third-order valence-corrected chi connectivity index (χ3v) is 4.48. The van der Waals surface area contributed by atoms with E-state index in [0.29, 0.717) is 12.0 Å². The first-order valence-electron chi connectivity index (χ1n) is 8.73. The highest BCUT2D eigenvalue weighted by molar-refractivity contribution is 5.24. The van der Waals surface area contributed by atoms with Crippen molar-refractivity contribution in [2.24, 2.45) is 0 Å². The van der Waals surface area contributed by atoms with E-state index < -0.39 is 0 Å². The summed E-state index contributed by atoms with van der Waals surface area (Å²) >= 11 is 0. The summed E-state index contributed by atoms with van der Waals surface area (Å²) in [6.45, 7) is 11.5. The molecular formula is C19H32N2. The summed E-state index contributed by atoms with van der Waals surface area (Å²) in [5.74, 6) is 0.622. The maximum Gasteiger partial charge on any atom is 0.0234 e. The van der Waals surface area contributed by atoms with Crippen LogP contribution in [0, 0.1) is 0 Å². The van der Waals surface area contributed by atoms with Crippen molar-refractivity contribution in [1.82, 2.24) is 10.2 Å². The van der Waals surface area contributed by atoms with Gasteiger partial charge in [0.05, 0.1) is 0 Å². The van der Waals surface area contributed by atoms with Crippen LogP contribution in [0.1, 0.15) is 63.5 Å². The molecule has 0 bridgehead atoms. The van der Waals surface area contributed by atoms with Gasteiger partial charge in [0.15, 0.2) is 0 Å². The van der Waals surface area contributed by atoms with E-state index in [2.05, 4.69) is 55.3 Å². The van der Waals surface area contributed by atoms with Gasteiger partial charge in [-0.1, -0.05) is 51.5 Å². The number of hydrogen-bond donors (Lipinski definition) is 1. The highest BCUT2D eigenvalue weighted by Crippen LogP contribution is 2.16. The Morgan fingerprint density at radius 2 is 1.95 bits per heavy atom. The van der Waals surface area contributed by atoms with E-state index in [1.165, 1.54) is 56.4 Å². The molecule has 1 fully saturated rings. The SMILES string of the molecule is CCCN(Cc1ccc(C(C)C)cc1)CC1CCCCN1. The quantitative estimate of drug-likeness (QED) is 0.810. The molecule has 1 unspecified atom stereocenters. The molecule has 118 valence electrons. The highest BCUT2D eigenvalue weighted by Gasteiger charge is 2.16. The van der Waals surface area contributed by atoms with Gasteiger partial charge >= 0.3 is 0 Å². The number of piperidine rings is 1. The van der Waals surface area contributed by atoms with Gasteiger partial charge < -0.3 is 5.32 Å². The lowest BCUT2D eigenvalue weighted by Gasteiger charge is -2.30. The smallest absolute Gasteiger partial charge is 0.0234 e. The van der Waals surface area contributed by atoms with Crippen LogP contribution in [0.4, 0.5) is 0 Å². The lowest BCUT2D eigenvalue weighted by atomic mass is 10.0. The average Bonchev–Trinajstić information content (AvgIpc) is 2.49. The van der Waals surface area contributed by atoms with Gasteiger partial charge in [-0.25, -0.2) is 0 Å². The normalized spacial score (nSPS) is 19.4. The Morgan fingerprint density at radius 3 is 2.52 bits per heavy atom. The molecule has 1 saturated heterocycles. The summed E-state index contributed by atoms with van der Waals surface area (Å²) in [6, 6.07) is 9.91. The molecule has 0 saturated carbocycles. The van der Waals surface area contributed by atoms with Crippen molar-refractivity contribution in [3.8, 4) is 0 Å². The Balaban J connectivity index is 1.91. The molecule has 0 aliphatic carbocycles. The Kier molecular flexibility index (Phi) is 6.72. The van der Waals surface area contributed by atoms with Crippen LogP contribution >= 0.6 is 0 Å². The lowest BCUT2D eigenvalue weighted by Crippen LogP contribution is -2.43. The molecule has 0 amide bonds. The Hall–Kier alpha value is -0.860. The van der Waals surface area contributed by atoms with Crippen molar-refractivity contribution < 1.29 is 0 Å². The van der Waals surface area contributed by atoms with E-state index in [-0.39, 0.29) is 0 Å². The van der Waals surface area contributed by atoms with Gasteiger partial charge in [-0.05, 0) is 49.4 Å². The van der Waals surface area contributed by atoms with Crippen molar-refractivity contribution in [3.05, 3.63) is 35.4 Å². The average molecular weight is 288 g/mol. The molecule has 21 heavy (non-hydrogen) atoms. The first-order valence-corrected chi connectivity index (χ1v) is 8.73. The zero-order valence-electron chi connectivity index (χ0n) is 14.1. The summed E-state index contributed by atoms with van der Waals surface area (Å²) < 4.78 is 0. The molecule has 1 aromatic carbocycles. The van der Waals surface area contributed by atoms with E-state index in [0.717, 1.165) is 6.54 Å². The maximum atomic E-state index is 3.68. The van der Waals surface area contributed by atoms with E-state index in [1.54, 1.807) is 0 Å². The van der Waals surface area contributed by atoms with Crippen LogP contribution in [0.25, 0.3) is 0 Å². The Morgan fingerprint density at radius 1 is 1.19 bits per heavy atom. The predicted octanol–water partition coefficient (Wildman–Crippen LogP) is 4.16. The molecule has 1 aliphatic heterocycles. The van der Waals surface area contributed by atoms with Crippen LogP contribution in [-0.4, -0.2) is 30.6 Å². The lowest BCUT2D eigenvalue weighted by molar-refractivity contribution is 0.217. The fourth-order valence-electron chi connectivity index (χ4n) is 3.21. The van der Waals surface area contributed by atoms with Gasteiger partial charge in [0.2, 0.25) is 0 Å². The zero-order valence-corrected chi connectivity index (χ0v) is 14.1. The number of nitrogens with zero attached hydrogens (tertiary/aromatic N) is 1. The fraction of sp³-hybridized carbons (Fsp3) is 0.684. The van der Waals surface area contributed by atoms with Crippen molar-refractivity contribution in [2.45, 2.75) is 65.0 Å². The Labute approximate surface area is 130 Å². The van der Waals surface area contributed by atoms with Crippen molar-refractivity contribution in [3.63, 3.8) is 0 Å². The van der Waals surface area contributed by atoms with E-state index >= 15 is 0 Å². The van der Waals surface area contributed by atoms with Gasteiger partial charge in [-0.2, -0.15) is 0 Å². The van der Waals surface area contributed by atoms with Crippen LogP contribution in [0.5, 0.6) is 0 Å². The van der Waals surface area contributed by atoms with Gasteiger partial charge in [-0.15, -0.1) is 0 Å². The molecule has 1 N–H and O–H groups in total. The molecule has 1 atom stereocenters. The minimum absolute atomic E-state index is 0.622. The minimum atomic E-state index is 0.622. The van der Waals surface area contributed by atoms with Crippen LogP contribution in [-0.2, 0) is 6.54 Å². The summed E-state index contributed by atoms with van der Waals surface area (Å²) in [7, 11) is 0. The van der Waals surface area contributed by atoms with Crippen LogP contribution < -0.4 is 5.32 Å². The molecule has 0 radical (unpaired) electrons. The van der Waals surface area contributed by atoms with Crippen LogP contribution in [0.2, 0.25) is 0 Å². The predicted molar refractivity (Wildman–Crippen MR) is 91.7 cm³/mol. The van der Waals surface area contributed by atoms with Gasteiger partial charge in [-0.3, -0.25) is 4.90 Å². The zero-order chi connectivity index (χ0) is 15.1. The minimum Gasteiger partial charge on any atom is -0.313 e. The van der Waals surface area contributed by atoms with Crippen LogP contribution in [0.15, 0.2) is 24.3 Å². The van der Waals surface area contributed by atoms with Crippen LogP contribution in [0.3, 0.4) is 0 Å². The van der Waals surface area contributed by atoms with E-state index in [4.69, 9.17) is 0 Å². The first kappa shape index (κ1) is 16.5. The standard InChI is InChI=1S/C19H32N2/c1-4-13-21(15-19-7-5-6-12-20-19)14-17-8-10-18(11-9-17)16(2)3/h8-11,16,19-20H,4-7,12-15H2,1-3H3.